The number of phenolic OH excluding ortho intramolecular Hbond substituents is 1. The van der Waals surface area contributed by atoms with Crippen molar-refractivity contribution in [2.75, 3.05) is 11.9 Å². The van der Waals surface area contributed by atoms with Gasteiger partial charge in [0, 0.05) is 17.9 Å². The van der Waals surface area contributed by atoms with Gasteiger partial charge in [0.05, 0.1) is 10.6 Å². The summed E-state index contributed by atoms with van der Waals surface area (Å²) < 4.78 is 0. The lowest BCUT2D eigenvalue weighted by Gasteiger charge is -2.37. The van der Waals surface area contributed by atoms with Crippen molar-refractivity contribution in [1.82, 2.24) is 4.90 Å². The Morgan fingerprint density at radius 1 is 1.47 bits per heavy atom. The first-order chi connectivity index (χ1) is 9.13. The van der Waals surface area contributed by atoms with Gasteiger partial charge in [-0.05, 0) is 43.9 Å². The first kappa shape index (κ1) is 14.7. The normalized spacial score (nSPS) is 15.1. The predicted molar refractivity (Wildman–Crippen MR) is 80.2 cm³/mol. The lowest BCUT2D eigenvalue weighted by Crippen LogP contribution is -2.44. The number of carbonyl (C=O) groups excluding carboxylic acids is 1. The topological polar surface area (TPSA) is 40.5 Å². The summed E-state index contributed by atoms with van der Waals surface area (Å²) in [5.41, 5.74) is 0.392. The van der Waals surface area contributed by atoms with E-state index in [-0.39, 0.29) is 11.7 Å². The molecule has 0 atom stereocenters. The van der Waals surface area contributed by atoms with Gasteiger partial charge in [0.25, 0.3) is 5.91 Å². The number of benzene rings is 1. The molecule has 2 rings (SSSR count). The summed E-state index contributed by atoms with van der Waals surface area (Å²) in [5, 5.41) is 10.8. The minimum absolute atomic E-state index is 0.0711. The number of hydrogen-bond acceptors (Lipinski definition) is 2. The highest BCUT2D eigenvalue weighted by Gasteiger charge is 2.29. The number of hydrogen-bond donors (Lipinski definition) is 1. The molecule has 0 bridgehead atoms. The van der Waals surface area contributed by atoms with Crippen LogP contribution in [0.2, 0.25) is 5.02 Å². The average molecular weight is 347 g/mol. The number of aromatic hydroxyl groups is 1. The SMILES string of the molecule is O=C(c1cc(O)ccc1Cl)N(CCCBr)C1CCC1. The van der Waals surface area contributed by atoms with E-state index in [0.29, 0.717) is 16.6 Å². The molecule has 1 aliphatic carbocycles. The first-order valence-corrected chi connectivity index (χ1v) is 7.99. The summed E-state index contributed by atoms with van der Waals surface area (Å²) >= 11 is 9.46. The minimum atomic E-state index is -0.0773. The third kappa shape index (κ3) is 3.42. The fourth-order valence-electron chi connectivity index (χ4n) is 2.21. The zero-order valence-electron chi connectivity index (χ0n) is 10.6. The van der Waals surface area contributed by atoms with E-state index < -0.39 is 0 Å². The van der Waals surface area contributed by atoms with Crippen molar-refractivity contribution in [1.29, 1.82) is 0 Å². The van der Waals surface area contributed by atoms with Gasteiger partial charge in [-0.25, -0.2) is 0 Å². The maximum atomic E-state index is 12.6. The molecule has 1 aromatic rings. The van der Waals surface area contributed by atoms with Crippen LogP contribution >= 0.6 is 27.5 Å². The Morgan fingerprint density at radius 2 is 2.21 bits per heavy atom. The largest absolute Gasteiger partial charge is 0.508 e. The van der Waals surface area contributed by atoms with Crippen LogP contribution in [0, 0.1) is 0 Å². The molecule has 1 aliphatic rings. The van der Waals surface area contributed by atoms with Crippen LogP contribution in [0.3, 0.4) is 0 Å². The monoisotopic (exact) mass is 345 g/mol. The Balaban J connectivity index is 2.19. The molecule has 5 heteroatoms. The summed E-state index contributed by atoms with van der Waals surface area (Å²) in [6.07, 6.45) is 4.21. The van der Waals surface area contributed by atoms with Gasteiger partial charge in [-0.1, -0.05) is 27.5 Å². The Labute approximate surface area is 126 Å². The van der Waals surface area contributed by atoms with E-state index in [2.05, 4.69) is 15.9 Å². The lowest BCUT2D eigenvalue weighted by molar-refractivity contribution is 0.0581. The second-order valence-electron chi connectivity index (χ2n) is 4.79. The lowest BCUT2D eigenvalue weighted by atomic mass is 9.90. The summed E-state index contributed by atoms with van der Waals surface area (Å²) in [7, 11) is 0. The van der Waals surface area contributed by atoms with Gasteiger partial charge >= 0.3 is 0 Å². The van der Waals surface area contributed by atoms with Crippen molar-refractivity contribution in [2.45, 2.75) is 31.7 Å². The van der Waals surface area contributed by atoms with Gasteiger partial charge in [0.2, 0.25) is 0 Å². The van der Waals surface area contributed by atoms with E-state index in [9.17, 15) is 9.90 Å². The summed E-state index contributed by atoms with van der Waals surface area (Å²) in [6.45, 7) is 0.723. The number of alkyl halides is 1. The number of amides is 1. The van der Waals surface area contributed by atoms with E-state index in [1.54, 1.807) is 6.07 Å². The van der Waals surface area contributed by atoms with E-state index >= 15 is 0 Å². The molecule has 0 heterocycles. The first-order valence-electron chi connectivity index (χ1n) is 6.49. The molecular weight excluding hydrogens is 330 g/mol. The second kappa shape index (κ2) is 6.62. The van der Waals surface area contributed by atoms with Crippen LogP contribution in [0.25, 0.3) is 0 Å². The van der Waals surface area contributed by atoms with Crippen molar-refractivity contribution in [3.8, 4) is 5.75 Å². The summed E-state index contributed by atoms with van der Waals surface area (Å²) in [4.78, 5) is 14.5. The molecule has 1 aromatic carbocycles. The third-order valence-electron chi connectivity index (χ3n) is 3.49. The standard InChI is InChI=1S/C14H17BrClNO2/c15-7-2-8-17(10-3-1-4-10)14(19)12-9-11(18)5-6-13(12)16/h5-6,9-10,18H,1-4,7-8H2. The molecule has 19 heavy (non-hydrogen) atoms. The highest BCUT2D eigenvalue weighted by atomic mass is 79.9. The molecule has 3 nitrogen and oxygen atoms in total. The number of carbonyl (C=O) groups is 1. The fraction of sp³-hybridized carbons (Fsp3) is 0.500. The maximum absolute atomic E-state index is 12.6. The molecule has 0 saturated heterocycles. The molecule has 0 aromatic heterocycles. The van der Waals surface area contributed by atoms with Crippen LogP contribution < -0.4 is 0 Å². The number of nitrogens with zero attached hydrogens (tertiary/aromatic N) is 1. The zero-order chi connectivity index (χ0) is 13.8. The van der Waals surface area contributed by atoms with Crippen molar-refractivity contribution in [3.05, 3.63) is 28.8 Å². The summed E-state index contributed by atoms with van der Waals surface area (Å²) in [5.74, 6) is -0.00616. The van der Waals surface area contributed by atoms with Crippen molar-refractivity contribution >= 4 is 33.4 Å². The molecule has 1 amide bonds. The smallest absolute Gasteiger partial charge is 0.255 e. The number of rotatable bonds is 5. The summed E-state index contributed by atoms with van der Waals surface area (Å²) in [6, 6.07) is 4.83. The highest BCUT2D eigenvalue weighted by molar-refractivity contribution is 9.09. The third-order valence-corrected chi connectivity index (χ3v) is 4.38. The van der Waals surface area contributed by atoms with E-state index in [1.807, 2.05) is 4.90 Å². The Bertz CT molecular complexity index is 463. The van der Waals surface area contributed by atoms with Gasteiger partial charge in [-0.15, -0.1) is 0 Å². The molecule has 0 aliphatic heterocycles. The fourth-order valence-corrected chi connectivity index (χ4v) is 2.66. The molecule has 0 spiro atoms. The number of halogens is 2. The molecule has 0 unspecified atom stereocenters. The van der Waals surface area contributed by atoms with E-state index in [0.717, 1.165) is 31.1 Å². The van der Waals surface area contributed by atoms with Gasteiger partial charge in [-0.3, -0.25) is 4.79 Å². The molecule has 1 saturated carbocycles. The second-order valence-corrected chi connectivity index (χ2v) is 5.99. The number of phenols is 1. The van der Waals surface area contributed by atoms with Crippen molar-refractivity contribution in [3.63, 3.8) is 0 Å². The van der Waals surface area contributed by atoms with Crippen LogP contribution in [-0.4, -0.2) is 33.8 Å². The van der Waals surface area contributed by atoms with Gasteiger partial charge < -0.3 is 10.0 Å². The van der Waals surface area contributed by atoms with Crippen LogP contribution in [-0.2, 0) is 0 Å². The Hall–Kier alpha value is -0.740. The van der Waals surface area contributed by atoms with Crippen molar-refractivity contribution in [2.24, 2.45) is 0 Å². The van der Waals surface area contributed by atoms with Crippen LogP contribution in [0.1, 0.15) is 36.0 Å². The molecule has 104 valence electrons. The average Bonchev–Trinajstić information content (AvgIpc) is 2.34. The minimum Gasteiger partial charge on any atom is -0.508 e. The highest BCUT2D eigenvalue weighted by Crippen LogP contribution is 2.29. The maximum Gasteiger partial charge on any atom is 0.255 e. The quantitative estimate of drug-likeness (QED) is 0.823. The molecule has 1 N–H and O–H groups in total. The molecule has 0 radical (unpaired) electrons. The van der Waals surface area contributed by atoms with Gasteiger partial charge in [-0.2, -0.15) is 0 Å². The van der Waals surface area contributed by atoms with Gasteiger partial charge in [0.1, 0.15) is 5.75 Å². The van der Waals surface area contributed by atoms with Crippen LogP contribution in [0.5, 0.6) is 5.75 Å². The van der Waals surface area contributed by atoms with Gasteiger partial charge in [0.15, 0.2) is 0 Å². The van der Waals surface area contributed by atoms with Crippen LogP contribution in [0.4, 0.5) is 0 Å². The molecule has 1 fully saturated rings. The van der Waals surface area contributed by atoms with Crippen LogP contribution in [0.15, 0.2) is 18.2 Å². The zero-order valence-corrected chi connectivity index (χ0v) is 13.0. The van der Waals surface area contributed by atoms with Crippen molar-refractivity contribution < 1.29 is 9.90 Å². The van der Waals surface area contributed by atoms with E-state index in [4.69, 9.17) is 11.6 Å². The molecular formula is C14H17BrClNO2. The predicted octanol–water partition coefficient (Wildman–Crippen LogP) is 3.83. The van der Waals surface area contributed by atoms with E-state index in [1.165, 1.54) is 18.6 Å². The Kier molecular flexibility index (Phi) is 5.11. The Morgan fingerprint density at radius 3 is 2.79 bits per heavy atom.